The van der Waals surface area contributed by atoms with Crippen molar-refractivity contribution in [1.82, 2.24) is 4.90 Å². The molecular formula is C27H29Cl3N2O3S. The standard InChI is InChI=1S/C27H29Cl3N2O3S/c28-22-9-11-26(12-10-22)36(33,34)32(25-18-23(29)17-24(30)19-25)20-21-7-2-3-8-27(21)35-16-6-15-31-13-4-1-5-14-31/h2-3,7-12,17-19H,1,4-6,13-16,20H2. The number of halogens is 3. The van der Waals surface area contributed by atoms with Gasteiger partial charge in [0.2, 0.25) is 0 Å². The SMILES string of the molecule is O=S(=O)(c1ccc(Cl)cc1)N(Cc1ccccc1OCCCN1CCCCC1)c1cc(Cl)cc(Cl)c1. The molecule has 0 aromatic heterocycles. The topological polar surface area (TPSA) is 49.9 Å². The molecule has 0 bridgehead atoms. The van der Waals surface area contributed by atoms with Crippen molar-refractivity contribution >= 4 is 50.5 Å². The van der Waals surface area contributed by atoms with Crippen LogP contribution in [-0.4, -0.2) is 39.6 Å². The van der Waals surface area contributed by atoms with Crippen molar-refractivity contribution in [1.29, 1.82) is 0 Å². The Balaban J connectivity index is 1.58. The van der Waals surface area contributed by atoms with Crippen LogP contribution < -0.4 is 9.04 Å². The number of rotatable bonds is 10. The van der Waals surface area contributed by atoms with Crippen LogP contribution in [0.15, 0.2) is 71.6 Å². The average molecular weight is 568 g/mol. The van der Waals surface area contributed by atoms with Gasteiger partial charge in [-0.15, -0.1) is 0 Å². The van der Waals surface area contributed by atoms with Gasteiger partial charge in [-0.2, -0.15) is 0 Å². The minimum Gasteiger partial charge on any atom is -0.493 e. The first-order valence-electron chi connectivity index (χ1n) is 12.0. The molecule has 0 N–H and O–H groups in total. The molecule has 0 spiro atoms. The normalized spacial score (nSPS) is 14.5. The van der Waals surface area contributed by atoms with E-state index in [-0.39, 0.29) is 11.4 Å². The van der Waals surface area contributed by atoms with E-state index in [1.165, 1.54) is 35.7 Å². The van der Waals surface area contributed by atoms with Crippen LogP contribution >= 0.6 is 34.8 Å². The Morgan fingerprint density at radius 1 is 0.833 bits per heavy atom. The second kappa shape index (κ2) is 12.5. The van der Waals surface area contributed by atoms with Crippen molar-refractivity contribution in [2.24, 2.45) is 0 Å². The fourth-order valence-electron chi connectivity index (χ4n) is 4.32. The molecule has 36 heavy (non-hydrogen) atoms. The fourth-order valence-corrected chi connectivity index (χ4v) is 6.38. The Hall–Kier alpha value is -1.96. The predicted octanol–water partition coefficient (Wildman–Crippen LogP) is 7.30. The molecule has 1 aliphatic heterocycles. The molecule has 1 heterocycles. The summed E-state index contributed by atoms with van der Waals surface area (Å²) in [5.74, 6) is 0.653. The van der Waals surface area contributed by atoms with E-state index in [0.717, 1.165) is 31.6 Å². The second-order valence-corrected chi connectivity index (χ2v) is 12.0. The lowest BCUT2D eigenvalue weighted by atomic mass is 10.1. The van der Waals surface area contributed by atoms with Crippen LogP contribution in [0.3, 0.4) is 0 Å². The third-order valence-corrected chi connectivity index (χ3v) is 8.62. The summed E-state index contributed by atoms with van der Waals surface area (Å²) in [5.41, 5.74) is 1.10. The number of hydrogen-bond donors (Lipinski definition) is 0. The summed E-state index contributed by atoms with van der Waals surface area (Å²) in [4.78, 5) is 2.59. The number of anilines is 1. The quantitative estimate of drug-likeness (QED) is 0.241. The highest BCUT2D eigenvalue weighted by Crippen LogP contribution is 2.33. The molecule has 1 fully saturated rings. The van der Waals surface area contributed by atoms with Gasteiger partial charge in [0, 0.05) is 27.2 Å². The third-order valence-electron chi connectivity index (χ3n) is 6.15. The van der Waals surface area contributed by atoms with Gasteiger partial charge in [-0.05, 0) is 80.9 Å². The molecule has 0 amide bonds. The molecule has 0 unspecified atom stereocenters. The highest BCUT2D eigenvalue weighted by Gasteiger charge is 2.27. The van der Waals surface area contributed by atoms with Crippen LogP contribution in [0.25, 0.3) is 0 Å². The summed E-state index contributed by atoms with van der Waals surface area (Å²) in [6.07, 6.45) is 4.74. The fraction of sp³-hybridized carbons (Fsp3) is 0.333. The van der Waals surface area contributed by atoms with Crippen molar-refractivity contribution in [3.05, 3.63) is 87.4 Å². The van der Waals surface area contributed by atoms with Gasteiger partial charge in [0.1, 0.15) is 5.75 Å². The molecule has 0 atom stereocenters. The number of nitrogens with zero attached hydrogens (tertiary/aromatic N) is 2. The van der Waals surface area contributed by atoms with E-state index in [0.29, 0.717) is 33.1 Å². The van der Waals surface area contributed by atoms with Gasteiger partial charge in [0.25, 0.3) is 10.0 Å². The zero-order valence-electron chi connectivity index (χ0n) is 19.9. The number of piperidine rings is 1. The summed E-state index contributed by atoms with van der Waals surface area (Å²) in [5, 5.41) is 1.14. The number of benzene rings is 3. The summed E-state index contributed by atoms with van der Waals surface area (Å²) in [6.45, 7) is 3.90. The maximum Gasteiger partial charge on any atom is 0.264 e. The molecule has 5 nitrogen and oxygen atoms in total. The van der Waals surface area contributed by atoms with Crippen LogP contribution in [0.4, 0.5) is 5.69 Å². The maximum atomic E-state index is 13.8. The first-order valence-corrected chi connectivity index (χ1v) is 14.6. The molecule has 3 aromatic rings. The first kappa shape index (κ1) is 27.1. The largest absolute Gasteiger partial charge is 0.493 e. The third kappa shape index (κ3) is 7.08. The molecule has 0 aliphatic carbocycles. The number of hydrogen-bond acceptors (Lipinski definition) is 4. The monoisotopic (exact) mass is 566 g/mol. The van der Waals surface area contributed by atoms with Crippen LogP contribution in [0, 0.1) is 0 Å². The van der Waals surface area contributed by atoms with Gasteiger partial charge in [-0.3, -0.25) is 4.31 Å². The van der Waals surface area contributed by atoms with Crippen molar-refractivity contribution < 1.29 is 13.2 Å². The van der Waals surface area contributed by atoms with Crippen molar-refractivity contribution in [2.75, 3.05) is 30.5 Å². The van der Waals surface area contributed by atoms with Gasteiger partial charge >= 0.3 is 0 Å². The van der Waals surface area contributed by atoms with Crippen LogP contribution in [0.5, 0.6) is 5.75 Å². The molecule has 3 aromatic carbocycles. The molecule has 192 valence electrons. The van der Waals surface area contributed by atoms with Crippen LogP contribution in [0.1, 0.15) is 31.2 Å². The van der Waals surface area contributed by atoms with Crippen molar-refractivity contribution in [3.63, 3.8) is 0 Å². The Kier molecular flexibility index (Phi) is 9.42. The summed E-state index contributed by atoms with van der Waals surface area (Å²) in [7, 11) is -3.96. The Morgan fingerprint density at radius 3 is 2.19 bits per heavy atom. The van der Waals surface area contributed by atoms with E-state index in [2.05, 4.69) is 4.90 Å². The lowest BCUT2D eigenvalue weighted by molar-refractivity contribution is 0.204. The minimum absolute atomic E-state index is 0.0456. The van der Waals surface area contributed by atoms with E-state index >= 15 is 0 Å². The molecule has 1 aliphatic rings. The first-order chi connectivity index (χ1) is 17.3. The Bertz CT molecular complexity index is 1240. The molecule has 0 radical (unpaired) electrons. The summed E-state index contributed by atoms with van der Waals surface area (Å²) in [6, 6.07) is 18.3. The van der Waals surface area contributed by atoms with Gasteiger partial charge in [-0.25, -0.2) is 8.42 Å². The van der Waals surface area contributed by atoms with Crippen LogP contribution in [-0.2, 0) is 16.6 Å². The summed E-state index contributed by atoms with van der Waals surface area (Å²) >= 11 is 18.5. The lowest BCUT2D eigenvalue weighted by Crippen LogP contribution is -2.31. The van der Waals surface area contributed by atoms with E-state index < -0.39 is 10.0 Å². The van der Waals surface area contributed by atoms with E-state index in [9.17, 15) is 8.42 Å². The van der Waals surface area contributed by atoms with Gasteiger partial charge in [0.05, 0.1) is 23.7 Å². The minimum atomic E-state index is -3.96. The number of ether oxygens (including phenoxy) is 1. The number of sulfonamides is 1. The van der Waals surface area contributed by atoms with E-state index in [1.54, 1.807) is 30.3 Å². The Morgan fingerprint density at radius 2 is 1.50 bits per heavy atom. The maximum absolute atomic E-state index is 13.8. The Labute approximate surface area is 228 Å². The molecule has 1 saturated heterocycles. The smallest absolute Gasteiger partial charge is 0.264 e. The van der Waals surface area contributed by atoms with Gasteiger partial charge < -0.3 is 9.64 Å². The van der Waals surface area contributed by atoms with Gasteiger partial charge in [0.15, 0.2) is 0 Å². The van der Waals surface area contributed by atoms with Crippen molar-refractivity contribution in [2.45, 2.75) is 37.1 Å². The van der Waals surface area contributed by atoms with Gasteiger partial charge in [-0.1, -0.05) is 59.4 Å². The lowest BCUT2D eigenvalue weighted by Gasteiger charge is -2.27. The van der Waals surface area contributed by atoms with Crippen molar-refractivity contribution in [3.8, 4) is 5.75 Å². The number of para-hydroxylation sites is 1. The van der Waals surface area contributed by atoms with E-state index in [1.807, 2.05) is 24.3 Å². The zero-order chi connectivity index (χ0) is 25.5. The highest BCUT2D eigenvalue weighted by molar-refractivity contribution is 7.92. The van der Waals surface area contributed by atoms with E-state index in [4.69, 9.17) is 39.5 Å². The summed E-state index contributed by atoms with van der Waals surface area (Å²) < 4.78 is 35.0. The zero-order valence-corrected chi connectivity index (χ0v) is 23.0. The second-order valence-electron chi connectivity index (χ2n) is 8.81. The predicted molar refractivity (Wildman–Crippen MR) is 148 cm³/mol. The number of likely N-dealkylation sites (tertiary alicyclic amines) is 1. The molecule has 9 heteroatoms. The van der Waals surface area contributed by atoms with Crippen LogP contribution in [0.2, 0.25) is 15.1 Å². The average Bonchev–Trinajstić information content (AvgIpc) is 2.86. The molecular weight excluding hydrogens is 539 g/mol. The molecule has 4 rings (SSSR count). The molecule has 0 saturated carbocycles. The highest BCUT2D eigenvalue weighted by atomic mass is 35.5.